The van der Waals surface area contributed by atoms with Crippen molar-refractivity contribution in [1.29, 1.82) is 0 Å². The Bertz CT molecular complexity index is 535. The number of ether oxygens (including phenoxy) is 1. The molecule has 0 atom stereocenters. The number of benzene rings is 1. The first-order valence-electron chi connectivity index (χ1n) is 6.64. The van der Waals surface area contributed by atoms with Crippen molar-refractivity contribution >= 4 is 0 Å². The molecular formula is C16H18N2O. The van der Waals surface area contributed by atoms with Crippen molar-refractivity contribution in [2.24, 2.45) is 0 Å². The van der Waals surface area contributed by atoms with E-state index in [0.29, 0.717) is 6.10 Å². The summed E-state index contributed by atoms with van der Waals surface area (Å²) in [5.41, 5.74) is 2.50. The van der Waals surface area contributed by atoms with Crippen molar-refractivity contribution in [3.05, 3.63) is 59.9 Å². The van der Waals surface area contributed by atoms with Gasteiger partial charge in [0.2, 0.25) is 0 Å². The van der Waals surface area contributed by atoms with Crippen molar-refractivity contribution in [3.8, 4) is 5.75 Å². The molecule has 3 nitrogen and oxygen atoms in total. The van der Waals surface area contributed by atoms with E-state index in [9.17, 15) is 0 Å². The Labute approximate surface area is 113 Å². The third-order valence-electron chi connectivity index (χ3n) is 3.34. The fraction of sp³-hybridized carbons (Fsp3) is 0.312. The molecule has 1 aliphatic heterocycles. The van der Waals surface area contributed by atoms with Crippen molar-refractivity contribution in [1.82, 2.24) is 9.88 Å². The molecule has 0 aliphatic carbocycles. The number of aromatic nitrogens is 1. The van der Waals surface area contributed by atoms with Gasteiger partial charge in [-0.05, 0) is 36.2 Å². The summed E-state index contributed by atoms with van der Waals surface area (Å²) in [7, 11) is 0. The molecule has 0 N–H and O–H groups in total. The van der Waals surface area contributed by atoms with Crippen LogP contribution in [0.3, 0.4) is 0 Å². The Kier molecular flexibility index (Phi) is 3.47. The van der Waals surface area contributed by atoms with Crippen LogP contribution in [0.5, 0.6) is 5.75 Å². The van der Waals surface area contributed by atoms with Gasteiger partial charge in [-0.25, -0.2) is 0 Å². The minimum atomic E-state index is 0.318. The normalized spacial score (nSPS) is 16.1. The number of rotatable bonds is 4. The van der Waals surface area contributed by atoms with Gasteiger partial charge >= 0.3 is 0 Å². The fourth-order valence-corrected chi connectivity index (χ4v) is 2.36. The van der Waals surface area contributed by atoms with Crippen LogP contribution >= 0.6 is 0 Å². The van der Waals surface area contributed by atoms with Gasteiger partial charge in [-0.15, -0.1) is 0 Å². The van der Waals surface area contributed by atoms with E-state index in [1.54, 1.807) is 0 Å². The highest BCUT2D eigenvalue weighted by molar-refractivity contribution is 5.27. The van der Waals surface area contributed by atoms with Crippen molar-refractivity contribution < 1.29 is 4.74 Å². The fourth-order valence-electron chi connectivity index (χ4n) is 2.36. The lowest BCUT2D eigenvalue weighted by atomic mass is 10.1. The molecule has 98 valence electrons. The Morgan fingerprint density at radius 3 is 2.89 bits per heavy atom. The number of nitrogens with zero attached hydrogens (tertiary/aromatic N) is 2. The first-order valence-corrected chi connectivity index (χ1v) is 6.64. The summed E-state index contributed by atoms with van der Waals surface area (Å²) in [4.78, 5) is 6.51. The Morgan fingerprint density at radius 1 is 1.26 bits per heavy atom. The second kappa shape index (κ2) is 5.41. The first kappa shape index (κ1) is 12.2. The van der Waals surface area contributed by atoms with Crippen LogP contribution < -0.4 is 4.74 Å². The summed E-state index contributed by atoms with van der Waals surface area (Å²) < 4.78 is 5.94. The van der Waals surface area contributed by atoms with Gasteiger partial charge in [0.1, 0.15) is 11.9 Å². The van der Waals surface area contributed by atoms with Gasteiger partial charge in [0, 0.05) is 32.0 Å². The monoisotopic (exact) mass is 254 g/mol. The summed E-state index contributed by atoms with van der Waals surface area (Å²) in [6, 6.07) is 12.3. The molecule has 1 saturated heterocycles. The molecule has 0 radical (unpaired) electrons. The van der Waals surface area contributed by atoms with E-state index in [1.807, 2.05) is 30.6 Å². The predicted molar refractivity (Wildman–Crippen MR) is 75.1 cm³/mol. The smallest absolute Gasteiger partial charge is 0.124 e. The lowest BCUT2D eigenvalue weighted by Gasteiger charge is -2.39. The lowest BCUT2D eigenvalue weighted by molar-refractivity contribution is 0.0145. The highest BCUT2D eigenvalue weighted by Gasteiger charge is 2.28. The lowest BCUT2D eigenvalue weighted by Crippen LogP contribution is -2.53. The molecule has 1 fully saturated rings. The summed E-state index contributed by atoms with van der Waals surface area (Å²) >= 11 is 0. The molecule has 19 heavy (non-hydrogen) atoms. The predicted octanol–water partition coefficient (Wildman–Crippen LogP) is 2.65. The standard InChI is InChI=1S/C16H18N2O/c1-13-4-2-6-15(8-13)19-16-11-18(12-16)10-14-5-3-7-17-9-14/h2-9,16H,10-12H2,1H3. The highest BCUT2D eigenvalue weighted by Crippen LogP contribution is 2.20. The summed E-state index contributed by atoms with van der Waals surface area (Å²) in [6.45, 7) is 5.02. The second-order valence-electron chi connectivity index (χ2n) is 5.11. The van der Waals surface area contributed by atoms with Crippen molar-refractivity contribution in [3.63, 3.8) is 0 Å². The van der Waals surface area contributed by atoms with Gasteiger partial charge in [0.05, 0.1) is 0 Å². The number of pyridine rings is 1. The quantitative estimate of drug-likeness (QED) is 0.838. The molecule has 2 heterocycles. The van der Waals surface area contributed by atoms with Crippen LogP contribution in [-0.2, 0) is 6.54 Å². The zero-order valence-corrected chi connectivity index (χ0v) is 11.1. The molecule has 1 aromatic heterocycles. The molecule has 0 unspecified atom stereocenters. The van der Waals surface area contributed by atoms with Gasteiger partial charge in [0.25, 0.3) is 0 Å². The topological polar surface area (TPSA) is 25.4 Å². The van der Waals surface area contributed by atoms with Crippen LogP contribution in [0.2, 0.25) is 0 Å². The van der Waals surface area contributed by atoms with E-state index in [4.69, 9.17) is 4.74 Å². The molecule has 0 bridgehead atoms. The summed E-state index contributed by atoms with van der Waals surface area (Å²) in [5.74, 6) is 0.978. The Balaban J connectivity index is 1.48. The maximum absolute atomic E-state index is 5.94. The molecule has 0 saturated carbocycles. The van der Waals surface area contributed by atoms with E-state index >= 15 is 0 Å². The van der Waals surface area contributed by atoms with E-state index in [-0.39, 0.29) is 0 Å². The number of hydrogen-bond acceptors (Lipinski definition) is 3. The van der Waals surface area contributed by atoms with Crippen molar-refractivity contribution in [2.75, 3.05) is 13.1 Å². The zero-order chi connectivity index (χ0) is 13.1. The number of hydrogen-bond donors (Lipinski definition) is 0. The second-order valence-corrected chi connectivity index (χ2v) is 5.11. The maximum atomic E-state index is 5.94. The van der Waals surface area contributed by atoms with E-state index in [1.165, 1.54) is 11.1 Å². The summed E-state index contributed by atoms with van der Waals surface area (Å²) in [6.07, 6.45) is 4.05. The third-order valence-corrected chi connectivity index (χ3v) is 3.34. The number of likely N-dealkylation sites (tertiary alicyclic amines) is 1. The van der Waals surface area contributed by atoms with Crippen LogP contribution in [-0.4, -0.2) is 29.1 Å². The van der Waals surface area contributed by atoms with Crippen LogP contribution in [0.25, 0.3) is 0 Å². The molecule has 1 aliphatic rings. The maximum Gasteiger partial charge on any atom is 0.124 e. The molecule has 0 amide bonds. The van der Waals surface area contributed by atoms with Gasteiger partial charge in [-0.1, -0.05) is 18.2 Å². The van der Waals surface area contributed by atoms with Gasteiger partial charge in [-0.3, -0.25) is 9.88 Å². The minimum absolute atomic E-state index is 0.318. The average molecular weight is 254 g/mol. The largest absolute Gasteiger partial charge is 0.488 e. The van der Waals surface area contributed by atoms with Crippen LogP contribution in [0, 0.1) is 6.92 Å². The van der Waals surface area contributed by atoms with Gasteiger partial charge < -0.3 is 4.74 Å². The average Bonchev–Trinajstić information content (AvgIpc) is 2.37. The van der Waals surface area contributed by atoms with Gasteiger partial charge in [0.15, 0.2) is 0 Å². The summed E-state index contributed by atoms with van der Waals surface area (Å²) in [5, 5.41) is 0. The molecule has 3 rings (SSSR count). The minimum Gasteiger partial charge on any atom is -0.488 e. The first-order chi connectivity index (χ1) is 9.29. The van der Waals surface area contributed by atoms with Crippen LogP contribution in [0.1, 0.15) is 11.1 Å². The van der Waals surface area contributed by atoms with E-state index < -0.39 is 0 Å². The van der Waals surface area contributed by atoms with Crippen LogP contribution in [0.15, 0.2) is 48.8 Å². The van der Waals surface area contributed by atoms with E-state index in [0.717, 1.165) is 25.4 Å². The zero-order valence-electron chi connectivity index (χ0n) is 11.1. The Hall–Kier alpha value is -1.87. The SMILES string of the molecule is Cc1cccc(OC2CN(Cc3cccnc3)C2)c1. The van der Waals surface area contributed by atoms with Gasteiger partial charge in [-0.2, -0.15) is 0 Å². The Morgan fingerprint density at radius 2 is 2.16 bits per heavy atom. The third kappa shape index (κ3) is 3.12. The molecule has 3 heteroatoms. The molecular weight excluding hydrogens is 236 g/mol. The molecule has 0 spiro atoms. The van der Waals surface area contributed by atoms with Crippen LogP contribution in [0.4, 0.5) is 0 Å². The number of aryl methyl sites for hydroxylation is 1. The van der Waals surface area contributed by atoms with Crippen molar-refractivity contribution in [2.45, 2.75) is 19.6 Å². The molecule has 2 aromatic rings. The molecule has 1 aromatic carbocycles. The van der Waals surface area contributed by atoms with E-state index in [2.05, 4.69) is 35.0 Å². The highest BCUT2D eigenvalue weighted by atomic mass is 16.5.